The van der Waals surface area contributed by atoms with Crippen LogP contribution in [0, 0.1) is 0 Å². The summed E-state index contributed by atoms with van der Waals surface area (Å²) in [6.45, 7) is -0.426. The van der Waals surface area contributed by atoms with Crippen LogP contribution in [0.25, 0.3) is 0 Å². The summed E-state index contributed by atoms with van der Waals surface area (Å²) in [5.41, 5.74) is 1.44. The lowest BCUT2D eigenvalue weighted by Gasteiger charge is -2.07. The van der Waals surface area contributed by atoms with Gasteiger partial charge in [0.2, 0.25) is 5.91 Å². The van der Waals surface area contributed by atoms with E-state index in [-0.39, 0.29) is 12.8 Å². The standard InChI is InChI=1S/C20H20N2O6/c1-27-20(26)14-7-9-16(10-8-14)21-17(23)11-12-19(25)28-13-18(24)22-15-5-3-2-4-6-15/h2-10H,11-13H2,1H3,(H,21,23)(H,22,24). The molecule has 8 heteroatoms. The van der Waals surface area contributed by atoms with E-state index in [9.17, 15) is 19.2 Å². The van der Waals surface area contributed by atoms with Crippen molar-refractivity contribution in [3.05, 3.63) is 60.2 Å². The van der Waals surface area contributed by atoms with Gasteiger partial charge in [-0.25, -0.2) is 4.79 Å². The normalized spacial score (nSPS) is 9.89. The number of anilines is 2. The molecule has 0 aliphatic heterocycles. The molecule has 0 aromatic heterocycles. The predicted octanol–water partition coefficient (Wildman–Crippen LogP) is 2.37. The lowest BCUT2D eigenvalue weighted by molar-refractivity contribution is -0.147. The first-order chi connectivity index (χ1) is 13.5. The van der Waals surface area contributed by atoms with E-state index in [2.05, 4.69) is 15.4 Å². The van der Waals surface area contributed by atoms with Crippen molar-refractivity contribution < 1.29 is 28.7 Å². The van der Waals surface area contributed by atoms with Gasteiger partial charge in [-0.3, -0.25) is 14.4 Å². The van der Waals surface area contributed by atoms with Crippen molar-refractivity contribution in [2.75, 3.05) is 24.4 Å². The number of nitrogens with one attached hydrogen (secondary N) is 2. The average Bonchev–Trinajstić information content (AvgIpc) is 2.71. The van der Waals surface area contributed by atoms with E-state index in [1.165, 1.54) is 19.2 Å². The third-order valence-corrected chi connectivity index (χ3v) is 3.57. The minimum Gasteiger partial charge on any atom is -0.465 e. The molecule has 0 unspecified atom stereocenters. The first-order valence-corrected chi connectivity index (χ1v) is 8.46. The molecule has 0 atom stereocenters. The summed E-state index contributed by atoms with van der Waals surface area (Å²) in [6.07, 6.45) is -0.261. The highest BCUT2D eigenvalue weighted by molar-refractivity contribution is 5.95. The number of para-hydroxylation sites is 1. The van der Waals surface area contributed by atoms with Gasteiger partial charge in [-0.05, 0) is 36.4 Å². The highest BCUT2D eigenvalue weighted by Crippen LogP contribution is 2.11. The number of amides is 2. The topological polar surface area (TPSA) is 111 Å². The van der Waals surface area contributed by atoms with Gasteiger partial charge in [0.1, 0.15) is 0 Å². The van der Waals surface area contributed by atoms with Crippen molar-refractivity contribution in [1.82, 2.24) is 0 Å². The maximum absolute atomic E-state index is 11.9. The molecule has 2 aromatic rings. The molecule has 0 saturated heterocycles. The molecule has 0 bridgehead atoms. The third-order valence-electron chi connectivity index (χ3n) is 3.57. The lowest BCUT2D eigenvalue weighted by Crippen LogP contribution is -2.21. The Morgan fingerprint density at radius 2 is 1.39 bits per heavy atom. The molecule has 2 amide bonds. The molecule has 0 aliphatic rings. The summed E-state index contributed by atoms with van der Waals surface area (Å²) in [4.78, 5) is 46.6. The molecule has 28 heavy (non-hydrogen) atoms. The summed E-state index contributed by atoms with van der Waals surface area (Å²) < 4.78 is 9.44. The van der Waals surface area contributed by atoms with Crippen molar-refractivity contribution in [3.63, 3.8) is 0 Å². The largest absolute Gasteiger partial charge is 0.465 e. The van der Waals surface area contributed by atoms with Gasteiger partial charge in [-0.15, -0.1) is 0 Å². The molecule has 2 rings (SSSR count). The zero-order valence-electron chi connectivity index (χ0n) is 15.3. The SMILES string of the molecule is COC(=O)c1ccc(NC(=O)CCC(=O)OCC(=O)Nc2ccccc2)cc1. The van der Waals surface area contributed by atoms with Crippen LogP contribution in [-0.2, 0) is 23.9 Å². The Morgan fingerprint density at radius 3 is 2.04 bits per heavy atom. The first kappa shape index (κ1) is 20.6. The number of rotatable bonds is 8. The Kier molecular flexibility index (Phi) is 7.71. The zero-order chi connectivity index (χ0) is 20.4. The summed E-state index contributed by atoms with van der Waals surface area (Å²) in [5.74, 6) is -1.98. The number of ether oxygens (including phenoxy) is 2. The summed E-state index contributed by atoms with van der Waals surface area (Å²) in [5, 5.41) is 5.18. The van der Waals surface area contributed by atoms with Crippen LogP contribution >= 0.6 is 0 Å². The van der Waals surface area contributed by atoms with Crippen LogP contribution in [0.4, 0.5) is 11.4 Å². The van der Waals surface area contributed by atoms with Gasteiger partial charge in [0.05, 0.1) is 19.1 Å². The fraction of sp³-hybridized carbons (Fsp3) is 0.200. The highest BCUT2D eigenvalue weighted by Gasteiger charge is 2.11. The minimum absolute atomic E-state index is 0.0993. The highest BCUT2D eigenvalue weighted by atomic mass is 16.5. The van der Waals surface area contributed by atoms with E-state index in [0.29, 0.717) is 16.9 Å². The van der Waals surface area contributed by atoms with Gasteiger partial charge in [0.25, 0.3) is 5.91 Å². The number of carbonyl (C=O) groups is 4. The average molecular weight is 384 g/mol. The second-order valence-electron chi connectivity index (χ2n) is 5.69. The molecule has 0 heterocycles. The van der Waals surface area contributed by atoms with Gasteiger partial charge in [0, 0.05) is 17.8 Å². The fourth-order valence-electron chi connectivity index (χ4n) is 2.18. The lowest BCUT2D eigenvalue weighted by atomic mass is 10.2. The van der Waals surface area contributed by atoms with Crippen molar-refractivity contribution in [2.24, 2.45) is 0 Å². The van der Waals surface area contributed by atoms with Crippen molar-refractivity contribution in [1.29, 1.82) is 0 Å². The number of esters is 2. The first-order valence-electron chi connectivity index (χ1n) is 8.46. The Morgan fingerprint density at radius 1 is 0.786 bits per heavy atom. The van der Waals surface area contributed by atoms with E-state index < -0.39 is 30.4 Å². The van der Waals surface area contributed by atoms with E-state index in [4.69, 9.17) is 4.74 Å². The van der Waals surface area contributed by atoms with Crippen LogP contribution in [0.1, 0.15) is 23.2 Å². The molecule has 2 N–H and O–H groups in total. The molecular weight excluding hydrogens is 364 g/mol. The third kappa shape index (κ3) is 6.91. The number of hydrogen-bond donors (Lipinski definition) is 2. The molecule has 0 aliphatic carbocycles. The Labute approximate surface area is 161 Å². The van der Waals surface area contributed by atoms with Crippen LogP contribution in [0.15, 0.2) is 54.6 Å². The van der Waals surface area contributed by atoms with Gasteiger partial charge in [-0.2, -0.15) is 0 Å². The van der Waals surface area contributed by atoms with E-state index in [1.54, 1.807) is 36.4 Å². The maximum Gasteiger partial charge on any atom is 0.337 e. The van der Waals surface area contributed by atoms with Crippen LogP contribution in [0.5, 0.6) is 0 Å². The second kappa shape index (κ2) is 10.5. The minimum atomic E-state index is -0.653. The van der Waals surface area contributed by atoms with Crippen LogP contribution in [0.2, 0.25) is 0 Å². The van der Waals surface area contributed by atoms with E-state index >= 15 is 0 Å². The molecule has 146 valence electrons. The number of methoxy groups -OCH3 is 1. The fourth-order valence-corrected chi connectivity index (χ4v) is 2.18. The summed E-state index contributed by atoms with van der Waals surface area (Å²) >= 11 is 0. The quantitative estimate of drug-likeness (QED) is 0.676. The van der Waals surface area contributed by atoms with E-state index in [0.717, 1.165) is 0 Å². The molecule has 0 spiro atoms. The van der Waals surface area contributed by atoms with E-state index in [1.807, 2.05) is 6.07 Å². The molecule has 0 fully saturated rings. The van der Waals surface area contributed by atoms with Gasteiger partial charge < -0.3 is 20.1 Å². The monoisotopic (exact) mass is 384 g/mol. The molecule has 2 aromatic carbocycles. The van der Waals surface area contributed by atoms with Gasteiger partial charge >= 0.3 is 11.9 Å². The van der Waals surface area contributed by atoms with Crippen molar-refractivity contribution >= 4 is 35.1 Å². The number of hydrogen-bond acceptors (Lipinski definition) is 6. The summed E-state index contributed by atoms with van der Waals surface area (Å²) in [6, 6.07) is 14.9. The van der Waals surface area contributed by atoms with Gasteiger partial charge in [-0.1, -0.05) is 18.2 Å². The van der Waals surface area contributed by atoms with Crippen LogP contribution in [0.3, 0.4) is 0 Å². The zero-order valence-corrected chi connectivity index (χ0v) is 15.3. The Bertz CT molecular complexity index is 834. The molecule has 8 nitrogen and oxygen atoms in total. The maximum atomic E-state index is 11.9. The molecule has 0 saturated carbocycles. The Balaban J connectivity index is 1.68. The second-order valence-corrected chi connectivity index (χ2v) is 5.69. The Hall–Kier alpha value is -3.68. The van der Waals surface area contributed by atoms with Crippen LogP contribution in [-0.4, -0.2) is 37.5 Å². The summed E-state index contributed by atoms with van der Waals surface area (Å²) in [7, 11) is 1.28. The van der Waals surface area contributed by atoms with Crippen molar-refractivity contribution in [2.45, 2.75) is 12.8 Å². The molecular formula is C20H20N2O6. The number of benzene rings is 2. The predicted molar refractivity (Wildman–Crippen MR) is 102 cm³/mol. The van der Waals surface area contributed by atoms with Crippen molar-refractivity contribution in [3.8, 4) is 0 Å². The number of carbonyl (C=O) groups excluding carboxylic acids is 4. The van der Waals surface area contributed by atoms with Gasteiger partial charge in [0.15, 0.2) is 6.61 Å². The van der Waals surface area contributed by atoms with Crippen LogP contribution < -0.4 is 10.6 Å². The smallest absolute Gasteiger partial charge is 0.337 e. The molecule has 0 radical (unpaired) electrons.